The second kappa shape index (κ2) is 9.68. The van der Waals surface area contributed by atoms with Gasteiger partial charge in [-0.3, -0.25) is 4.79 Å². The van der Waals surface area contributed by atoms with Crippen LogP contribution in [0.25, 0.3) is 0 Å². The molecule has 1 N–H and O–H groups in total. The van der Waals surface area contributed by atoms with Gasteiger partial charge in [0.15, 0.2) is 11.5 Å². The maximum absolute atomic E-state index is 12.1. The zero-order chi connectivity index (χ0) is 19.8. The molecular weight excluding hydrogens is 372 g/mol. The van der Waals surface area contributed by atoms with Gasteiger partial charge in [-0.05, 0) is 23.8 Å². The van der Waals surface area contributed by atoms with Crippen molar-refractivity contribution in [2.24, 2.45) is 5.10 Å². The van der Waals surface area contributed by atoms with Crippen molar-refractivity contribution >= 4 is 23.7 Å². The van der Waals surface area contributed by atoms with E-state index >= 15 is 0 Å². The highest BCUT2D eigenvalue weighted by molar-refractivity contribution is 6.32. The van der Waals surface area contributed by atoms with E-state index in [1.165, 1.54) is 20.4 Å². The third-order valence-corrected chi connectivity index (χ3v) is 4.01. The fourth-order valence-corrected chi connectivity index (χ4v) is 2.62. The Bertz CT molecular complexity index is 839. The summed E-state index contributed by atoms with van der Waals surface area (Å²) in [6.07, 6.45) is 1.59. The average molecular weight is 393 g/mol. The van der Waals surface area contributed by atoms with Gasteiger partial charge in [0.05, 0.1) is 46.1 Å². The van der Waals surface area contributed by atoms with Gasteiger partial charge in [-0.1, -0.05) is 17.7 Å². The third-order valence-electron chi connectivity index (χ3n) is 3.71. The number of halogens is 1. The van der Waals surface area contributed by atoms with Crippen molar-refractivity contribution in [2.45, 2.75) is 6.42 Å². The number of hydrogen-bond donors (Lipinski definition) is 1. The lowest BCUT2D eigenvalue weighted by molar-refractivity contribution is -0.120. The molecule has 2 aromatic rings. The number of ether oxygens (including phenoxy) is 4. The third kappa shape index (κ3) is 5.27. The molecule has 0 aliphatic heterocycles. The molecule has 0 fully saturated rings. The van der Waals surface area contributed by atoms with Crippen molar-refractivity contribution in [2.75, 3.05) is 28.4 Å². The van der Waals surface area contributed by atoms with Crippen LogP contribution in [-0.2, 0) is 11.2 Å². The van der Waals surface area contributed by atoms with E-state index < -0.39 is 0 Å². The van der Waals surface area contributed by atoms with E-state index in [2.05, 4.69) is 10.5 Å². The molecule has 0 radical (unpaired) electrons. The number of methoxy groups -OCH3 is 4. The molecule has 144 valence electrons. The SMILES string of the molecule is COc1cc(OC)c(/C=N/NC(=O)Cc2ccc(OC)c(OC)c2)cc1Cl. The highest BCUT2D eigenvalue weighted by atomic mass is 35.5. The van der Waals surface area contributed by atoms with E-state index in [4.69, 9.17) is 30.5 Å². The molecule has 0 aromatic heterocycles. The maximum atomic E-state index is 12.1. The molecule has 27 heavy (non-hydrogen) atoms. The van der Waals surface area contributed by atoms with Gasteiger partial charge in [0, 0.05) is 11.6 Å². The molecule has 0 heterocycles. The molecule has 0 unspecified atom stereocenters. The summed E-state index contributed by atoms with van der Waals surface area (Å²) < 4.78 is 20.8. The number of hydrazone groups is 1. The van der Waals surface area contributed by atoms with Gasteiger partial charge >= 0.3 is 0 Å². The molecular formula is C19H21ClN2O5. The van der Waals surface area contributed by atoms with Crippen molar-refractivity contribution < 1.29 is 23.7 Å². The highest BCUT2D eigenvalue weighted by Crippen LogP contribution is 2.31. The van der Waals surface area contributed by atoms with Crippen LogP contribution < -0.4 is 24.4 Å². The number of benzene rings is 2. The average Bonchev–Trinajstić information content (AvgIpc) is 2.68. The molecule has 0 atom stereocenters. The van der Waals surface area contributed by atoms with Crippen LogP contribution in [0.5, 0.6) is 23.0 Å². The summed E-state index contributed by atoms with van der Waals surface area (Å²) in [7, 11) is 6.14. The van der Waals surface area contributed by atoms with Crippen molar-refractivity contribution in [3.8, 4) is 23.0 Å². The Labute approximate surface area is 162 Å². The summed E-state index contributed by atoms with van der Waals surface area (Å²) in [5.41, 5.74) is 3.85. The van der Waals surface area contributed by atoms with E-state index in [-0.39, 0.29) is 12.3 Å². The molecule has 0 saturated heterocycles. The number of carbonyl (C=O) groups is 1. The fourth-order valence-electron chi connectivity index (χ4n) is 2.37. The van der Waals surface area contributed by atoms with Gasteiger partial charge in [0.2, 0.25) is 5.91 Å². The maximum Gasteiger partial charge on any atom is 0.244 e. The summed E-state index contributed by atoms with van der Waals surface area (Å²) >= 11 is 6.11. The molecule has 1 amide bonds. The standard InChI is InChI=1S/C19H21ClN2O5/c1-24-15-6-5-12(7-18(15)27-4)8-19(23)22-21-11-13-9-14(20)17(26-3)10-16(13)25-2/h5-7,9-11H,8H2,1-4H3,(H,22,23)/b21-11+. The Balaban J connectivity index is 2.04. The van der Waals surface area contributed by atoms with Gasteiger partial charge in [-0.2, -0.15) is 5.10 Å². The molecule has 0 saturated carbocycles. The van der Waals surface area contributed by atoms with Crippen LogP contribution in [-0.4, -0.2) is 40.6 Å². The van der Waals surface area contributed by atoms with Gasteiger partial charge in [-0.15, -0.1) is 0 Å². The quantitative estimate of drug-likeness (QED) is 0.551. The molecule has 0 aliphatic rings. The minimum absolute atomic E-state index is 0.137. The summed E-state index contributed by atoms with van der Waals surface area (Å²) in [4.78, 5) is 12.1. The number of amides is 1. The minimum atomic E-state index is -0.281. The van der Waals surface area contributed by atoms with Crippen LogP contribution in [0.3, 0.4) is 0 Å². The minimum Gasteiger partial charge on any atom is -0.496 e. The smallest absolute Gasteiger partial charge is 0.244 e. The Morgan fingerprint density at radius 1 is 0.963 bits per heavy atom. The second-order valence-corrected chi connectivity index (χ2v) is 5.80. The predicted molar refractivity (Wildman–Crippen MR) is 104 cm³/mol. The molecule has 2 aromatic carbocycles. The Kier molecular flexibility index (Phi) is 7.31. The Hall–Kier alpha value is -2.93. The molecule has 7 nitrogen and oxygen atoms in total. The zero-order valence-electron chi connectivity index (χ0n) is 15.5. The van der Waals surface area contributed by atoms with Gasteiger partial charge in [-0.25, -0.2) is 5.43 Å². The van der Waals surface area contributed by atoms with Crippen LogP contribution in [0.15, 0.2) is 35.4 Å². The van der Waals surface area contributed by atoms with Crippen LogP contribution in [0, 0.1) is 0 Å². The van der Waals surface area contributed by atoms with Gasteiger partial charge in [0.25, 0.3) is 0 Å². The highest BCUT2D eigenvalue weighted by Gasteiger charge is 2.10. The summed E-state index contributed by atoms with van der Waals surface area (Å²) in [6, 6.07) is 8.57. The van der Waals surface area contributed by atoms with Crippen molar-refractivity contribution in [3.05, 3.63) is 46.5 Å². The Morgan fingerprint density at radius 3 is 2.26 bits per heavy atom. The topological polar surface area (TPSA) is 78.4 Å². The van der Waals surface area contributed by atoms with E-state index in [1.807, 2.05) is 0 Å². The van der Waals surface area contributed by atoms with E-state index in [1.54, 1.807) is 44.6 Å². The number of nitrogens with one attached hydrogen (secondary N) is 1. The van der Waals surface area contributed by atoms with Crippen LogP contribution in [0.1, 0.15) is 11.1 Å². The van der Waals surface area contributed by atoms with Crippen molar-refractivity contribution in [1.29, 1.82) is 0 Å². The normalized spacial score (nSPS) is 10.6. The summed E-state index contributed by atoms with van der Waals surface area (Å²) in [5.74, 6) is 1.89. The largest absolute Gasteiger partial charge is 0.496 e. The number of rotatable bonds is 8. The first-order chi connectivity index (χ1) is 13.0. The molecule has 8 heteroatoms. The lowest BCUT2D eigenvalue weighted by Crippen LogP contribution is -2.19. The van der Waals surface area contributed by atoms with Crippen LogP contribution >= 0.6 is 11.6 Å². The lowest BCUT2D eigenvalue weighted by Gasteiger charge is -2.09. The monoisotopic (exact) mass is 392 g/mol. The fraction of sp³-hybridized carbons (Fsp3) is 0.263. The first-order valence-corrected chi connectivity index (χ1v) is 8.34. The zero-order valence-corrected chi connectivity index (χ0v) is 16.3. The second-order valence-electron chi connectivity index (χ2n) is 5.39. The number of nitrogens with zero attached hydrogens (tertiary/aromatic N) is 1. The van der Waals surface area contributed by atoms with Crippen molar-refractivity contribution in [1.82, 2.24) is 5.43 Å². The molecule has 0 spiro atoms. The summed E-state index contributed by atoms with van der Waals surface area (Å²) in [6.45, 7) is 0. The lowest BCUT2D eigenvalue weighted by atomic mass is 10.1. The Morgan fingerprint density at radius 2 is 1.63 bits per heavy atom. The predicted octanol–water partition coefficient (Wildman–Crippen LogP) is 3.07. The first kappa shape index (κ1) is 20.4. The van der Waals surface area contributed by atoms with Gasteiger partial charge in [0.1, 0.15) is 11.5 Å². The van der Waals surface area contributed by atoms with Crippen LogP contribution in [0.4, 0.5) is 0 Å². The summed E-state index contributed by atoms with van der Waals surface area (Å²) in [5, 5.41) is 4.37. The number of carbonyl (C=O) groups excluding carboxylic acids is 1. The molecule has 0 aliphatic carbocycles. The van der Waals surface area contributed by atoms with Gasteiger partial charge < -0.3 is 18.9 Å². The van der Waals surface area contributed by atoms with E-state index in [0.29, 0.717) is 33.6 Å². The van der Waals surface area contributed by atoms with E-state index in [9.17, 15) is 4.79 Å². The first-order valence-electron chi connectivity index (χ1n) is 7.96. The molecule has 0 bridgehead atoms. The molecule has 2 rings (SSSR count). The van der Waals surface area contributed by atoms with E-state index in [0.717, 1.165) is 5.56 Å². The van der Waals surface area contributed by atoms with Crippen LogP contribution in [0.2, 0.25) is 5.02 Å². The van der Waals surface area contributed by atoms with Crippen molar-refractivity contribution in [3.63, 3.8) is 0 Å². The number of hydrogen-bond acceptors (Lipinski definition) is 6.